The predicted octanol–water partition coefficient (Wildman–Crippen LogP) is 4.28. The Hall–Kier alpha value is -2.35. The number of hydrogen-bond donors (Lipinski definition) is 0. The first-order valence-corrected chi connectivity index (χ1v) is 6.36. The van der Waals surface area contributed by atoms with Gasteiger partial charge in [-0.25, -0.2) is 0 Å². The first kappa shape index (κ1) is 11.7. The number of hydrogen-bond acceptors (Lipinski definition) is 1. The number of carbonyl (C=O) groups excluding carboxylic acids is 1. The Bertz CT molecular complexity index is 754. The largest absolute Gasteiger partial charge is 0.280 e. The maximum atomic E-state index is 12.0. The number of benzene rings is 2. The minimum Gasteiger partial charge on any atom is -0.280 e. The SMILES string of the molecule is CC(=O)n1c(-c2ccccc2)c(C)c2ccccc21. The van der Waals surface area contributed by atoms with E-state index in [-0.39, 0.29) is 5.91 Å². The number of rotatable bonds is 1. The summed E-state index contributed by atoms with van der Waals surface area (Å²) in [5.41, 5.74) is 4.20. The number of fused-ring (bicyclic) bond motifs is 1. The van der Waals surface area contributed by atoms with Crippen molar-refractivity contribution in [2.75, 3.05) is 0 Å². The second-order valence-electron chi connectivity index (χ2n) is 4.71. The fraction of sp³-hybridized carbons (Fsp3) is 0.118. The van der Waals surface area contributed by atoms with E-state index in [1.54, 1.807) is 11.5 Å². The summed E-state index contributed by atoms with van der Waals surface area (Å²) < 4.78 is 1.81. The molecule has 0 spiro atoms. The van der Waals surface area contributed by atoms with Crippen LogP contribution in [0.25, 0.3) is 22.2 Å². The fourth-order valence-electron chi connectivity index (χ4n) is 2.67. The predicted molar refractivity (Wildman–Crippen MR) is 78.4 cm³/mol. The Kier molecular flexibility index (Phi) is 2.71. The maximum Gasteiger partial charge on any atom is 0.228 e. The van der Waals surface area contributed by atoms with Gasteiger partial charge in [0.1, 0.15) is 0 Å². The lowest BCUT2D eigenvalue weighted by atomic mass is 10.1. The van der Waals surface area contributed by atoms with Gasteiger partial charge in [0.05, 0.1) is 11.2 Å². The van der Waals surface area contributed by atoms with Crippen molar-refractivity contribution in [3.05, 3.63) is 60.2 Å². The van der Waals surface area contributed by atoms with Gasteiger partial charge in [0, 0.05) is 12.3 Å². The number of para-hydroxylation sites is 1. The van der Waals surface area contributed by atoms with Gasteiger partial charge in [-0.15, -0.1) is 0 Å². The second kappa shape index (κ2) is 4.39. The molecule has 2 aromatic carbocycles. The molecule has 0 radical (unpaired) electrons. The van der Waals surface area contributed by atoms with Gasteiger partial charge >= 0.3 is 0 Å². The lowest BCUT2D eigenvalue weighted by Crippen LogP contribution is -2.07. The summed E-state index contributed by atoms with van der Waals surface area (Å²) >= 11 is 0. The van der Waals surface area contributed by atoms with E-state index in [1.165, 1.54) is 0 Å². The van der Waals surface area contributed by atoms with Gasteiger partial charge in [0.2, 0.25) is 5.91 Å². The molecular formula is C17H15NO. The number of nitrogens with zero attached hydrogens (tertiary/aromatic N) is 1. The molecule has 3 rings (SSSR count). The molecule has 0 atom stereocenters. The molecule has 19 heavy (non-hydrogen) atoms. The summed E-state index contributed by atoms with van der Waals surface area (Å²) in [6, 6.07) is 18.1. The Morgan fingerprint density at radius 2 is 1.58 bits per heavy atom. The van der Waals surface area contributed by atoms with Crippen LogP contribution in [0.5, 0.6) is 0 Å². The second-order valence-corrected chi connectivity index (χ2v) is 4.71. The Morgan fingerprint density at radius 1 is 0.947 bits per heavy atom. The van der Waals surface area contributed by atoms with Gasteiger partial charge < -0.3 is 0 Å². The van der Waals surface area contributed by atoms with Crippen LogP contribution in [-0.2, 0) is 0 Å². The van der Waals surface area contributed by atoms with Crippen molar-refractivity contribution in [3.8, 4) is 11.3 Å². The van der Waals surface area contributed by atoms with Crippen LogP contribution < -0.4 is 0 Å². The van der Waals surface area contributed by atoms with Crippen LogP contribution in [0, 0.1) is 6.92 Å². The van der Waals surface area contributed by atoms with Gasteiger partial charge in [-0.05, 0) is 24.1 Å². The van der Waals surface area contributed by atoms with Crippen molar-refractivity contribution >= 4 is 16.8 Å². The fourth-order valence-corrected chi connectivity index (χ4v) is 2.67. The molecule has 0 aliphatic carbocycles. The summed E-state index contributed by atoms with van der Waals surface area (Å²) in [4.78, 5) is 12.0. The number of aromatic nitrogens is 1. The van der Waals surface area contributed by atoms with E-state index in [9.17, 15) is 4.79 Å². The zero-order chi connectivity index (χ0) is 13.4. The van der Waals surface area contributed by atoms with E-state index in [0.29, 0.717) is 0 Å². The lowest BCUT2D eigenvalue weighted by Gasteiger charge is -2.07. The van der Waals surface area contributed by atoms with E-state index in [2.05, 4.69) is 13.0 Å². The summed E-state index contributed by atoms with van der Waals surface area (Å²) in [5.74, 6) is 0.0446. The molecule has 0 saturated carbocycles. The molecule has 0 saturated heterocycles. The van der Waals surface area contributed by atoms with Gasteiger partial charge in [-0.3, -0.25) is 9.36 Å². The highest BCUT2D eigenvalue weighted by Gasteiger charge is 2.17. The van der Waals surface area contributed by atoms with Crippen molar-refractivity contribution in [2.24, 2.45) is 0 Å². The van der Waals surface area contributed by atoms with E-state index in [1.807, 2.05) is 48.5 Å². The van der Waals surface area contributed by atoms with Crippen molar-refractivity contribution in [1.82, 2.24) is 4.57 Å². The zero-order valence-corrected chi connectivity index (χ0v) is 11.1. The quantitative estimate of drug-likeness (QED) is 0.631. The lowest BCUT2D eigenvalue weighted by molar-refractivity contribution is 0.0943. The first-order valence-electron chi connectivity index (χ1n) is 6.36. The van der Waals surface area contributed by atoms with Crippen LogP contribution in [0.4, 0.5) is 0 Å². The molecule has 0 aliphatic heterocycles. The molecule has 2 heteroatoms. The zero-order valence-electron chi connectivity index (χ0n) is 11.1. The molecule has 3 aromatic rings. The van der Waals surface area contributed by atoms with Crippen molar-refractivity contribution in [1.29, 1.82) is 0 Å². The topological polar surface area (TPSA) is 22.0 Å². The van der Waals surface area contributed by atoms with Crippen molar-refractivity contribution < 1.29 is 4.79 Å². The van der Waals surface area contributed by atoms with Crippen LogP contribution >= 0.6 is 0 Å². The third-order valence-electron chi connectivity index (χ3n) is 3.49. The number of carbonyl (C=O) groups is 1. The molecule has 0 N–H and O–H groups in total. The monoisotopic (exact) mass is 249 g/mol. The van der Waals surface area contributed by atoms with Crippen molar-refractivity contribution in [2.45, 2.75) is 13.8 Å². The average molecular weight is 249 g/mol. The normalized spacial score (nSPS) is 10.8. The van der Waals surface area contributed by atoms with Crippen LogP contribution in [0.3, 0.4) is 0 Å². The van der Waals surface area contributed by atoms with Gasteiger partial charge in [0.15, 0.2) is 0 Å². The molecule has 0 bridgehead atoms. The third kappa shape index (κ3) is 1.76. The molecule has 0 aliphatic rings. The van der Waals surface area contributed by atoms with E-state index >= 15 is 0 Å². The molecule has 94 valence electrons. The van der Waals surface area contributed by atoms with E-state index in [0.717, 1.165) is 27.7 Å². The highest BCUT2D eigenvalue weighted by Crippen LogP contribution is 2.32. The highest BCUT2D eigenvalue weighted by atomic mass is 16.1. The maximum absolute atomic E-state index is 12.0. The highest BCUT2D eigenvalue weighted by molar-refractivity contribution is 6.00. The molecule has 0 amide bonds. The summed E-state index contributed by atoms with van der Waals surface area (Å²) in [7, 11) is 0. The standard InChI is InChI=1S/C17H15NO/c1-12-15-10-6-7-11-16(15)18(13(2)19)17(12)14-8-4-3-5-9-14/h3-11H,1-2H3. The average Bonchev–Trinajstić information content (AvgIpc) is 2.74. The minimum atomic E-state index is 0.0446. The molecule has 1 aromatic heterocycles. The van der Waals surface area contributed by atoms with Crippen LogP contribution in [0.1, 0.15) is 17.3 Å². The van der Waals surface area contributed by atoms with Gasteiger partial charge in [0.25, 0.3) is 0 Å². The van der Waals surface area contributed by atoms with Gasteiger partial charge in [-0.2, -0.15) is 0 Å². The first-order chi connectivity index (χ1) is 9.20. The molecule has 2 nitrogen and oxygen atoms in total. The molecular weight excluding hydrogens is 234 g/mol. The Labute approximate surface area is 112 Å². The van der Waals surface area contributed by atoms with Gasteiger partial charge in [-0.1, -0.05) is 48.5 Å². The van der Waals surface area contributed by atoms with Crippen LogP contribution in [0.2, 0.25) is 0 Å². The van der Waals surface area contributed by atoms with Crippen LogP contribution in [-0.4, -0.2) is 10.5 Å². The summed E-state index contributed by atoms with van der Waals surface area (Å²) in [5, 5.41) is 1.14. The molecule has 1 heterocycles. The van der Waals surface area contributed by atoms with Crippen molar-refractivity contribution in [3.63, 3.8) is 0 Å². The third-order valence-corrected chi connectivity index (χ3v) is 3.49. The molecule has 0 fully saturated rings. The molecule has 0 unspecified atom stereocenters. The smallest absolute Gasteiger partial charge is 0.228 e. The van der Waals surface area contributed by atoms with E-state index in [4.69, 9.17) is 0 Å². The Balaban J connectivity index is 2.44. The summed E-state index contributed by atoms with van der Waals surface area (Å²) in [6.07, 6.45) is 0. The Morgan fingerprint density at radius 3 is 2.26 bits per heavy atom. The van der Waals surface area contributed by atoms with Crippen LogP contribution in [0.15, 0.2) is 54.6 Å². The number of aryl methyl sites for hydroxylation is 1. The minimum absolute atomic E-state index is 0.0446. The van der Waals surface area contributed by atoms with E-state index < -0.39 is 0 Å². The summed E-state index contributed by atoms with van der Waals surface area (Å²) in [6.45, 7) is 3.68.